The maximum atomic E-state index is 12.7. The van der Waals surface area contributed by atoms with E-state index in [0.717, 1.165) is 5.52 Å². The summed E-state index contributed by atoms with van der Waals surface area (Å²) in [7, 11) is 0. The summed E-state index contributed by atoms with van der Waals surface area (Å²) >= 11 is 0. The van der Waals surface area contributed by atoms with Gasteiger partial charge in [0.15, 0.2) is 5.92 Å². The van der Waals surface area contributed by atoms with E-state index in [1.54, 1.807) is 29.7 Å². The molecule has 26 heavy (non-hydrogen) atoms. The summed E-state index contributed by atoms with van der Waals surface area (Å²) in [5.41, 5.74) is 1.91. The van der Waals surface area contributed by atoms with Crippen molar-refractivity contribution in [2.45, 2.75) is 13.0 Å². The van der Waals surface area contributed by atoms with Gasteiger partial charge in [-0.05, 0) is 25.1 Å². The summed E-state index contributed by atoms with van der Waals surface area (Å²) in [6, 6.07) is 13.3. The number of para-hydroxylation sites is 3. The summed E-state index contributed by atoms with van der Waals surface area (Å²) in [5, 5.41) is 13.1. The van der Waals surface area contributed by atoms with Crippen LogP contribution < -0.4 is 5.32 Å². The van der Waals surface area contributed by atoms with Crippen LogP contribution in [0.5, 0.6) is 5.75 Å². The summed E-state index contributed by atoms with van der Waals surface area (Å²) in [4.78, 5) is 29.7. The van der Waals surface area contributed by atoms with Crippen LogP contribution >= 0.6 is 0 Å². The van der Waals surface area contributed by atoms with Crippen LogP contribution in [0.1, 0.15) is 18.5 Å². The van der Waals surface area contributed by atoms with Gasteiger partial charge >= 0.3 is 5.97 Å². The molecule has 0 radical (unpaired) electrons. The van der Waals surface area contributed by atoms with E-state index in [0.29, 0.717) is 17.0 Å². The second kappa shape index (κ2) is 6.18. The van der Waals surface area contributed by atoms with Gasteiger partial charge in [-0.1, -0.05) is 30.3 Å². The molecule has 2 heterocycles. The van der Waals surface area contributed by atoms with Crippen LogP contribution in [-0.2, 0) is 14.3 Å². The van der Waals surface area contributed by atoms with Crippen molar-refractivity contribution < 1.29 is 19.4 Å². The Morgan fingerprint density at radius 3 is 2.73 bits per heavy atom. The monoisotopic (exact) mass is 351 g/mol. The zero-order chi connectivity index (χ0) is 18.3. The SMILES string of the molecule is CCOC(=O)C1C(=O)Nc2nc3ccccc3n2C1c1ccccc1O. The molecule has 0 saturated heterocycles. The van der Waals surface area contributed by atoms with Crippen LogP contribution in [0.15, 0.2) is 48.5 Å². The van der Waals surface area contributed by atoms with Gasteiger partial charge in [-0.3, -0.25) is 14.9 Å². The highest BCUT2D eigenvalue weighted by Gasteiger charge is 2.44. The normalized spacial score (nSPS) is 19.0. The topological polar surface area (TPSA) is 93.5 Å². The summed E-state index contributed by atoms with van der Waals surface area (Å²) in [5.74, 6) is -1.93. The van der Waals surface area contributed by atoms with E-state index in [1.165, 1.54) is 6.07 Å². The number of ether oxygens (including phenoxy) is 1. The molecule has 2 unspecified atom stereocenters. The van der Waals surface area contributed by atoms with Gasteiger partial charge < -0.3 is 14.4 Å². The average molecular weight is 351 g/mol. The maximum absolute atomic E-state index is 12.7. The average Bonchev–Trinajstić information content (AvgIpc) is 2.99. The molecule has 0 saturated carbocycles. The number of fused-ring (bicyclic) bond motifs is 3. The highest BCUT2D eigenvalue weighted by Crippen LogP contribution is 2.41. The van der Waals surface area contributed by atoms with Crippen molar-refractivity contribution in [3.05, 3.63) is 54.1 Å². The number of esters is 1. The van der Waals surface area contributed by atoms with E-state index in [2.05, 4.69) is 10.3 Å². The summed E-state index contributed by atoms with van der Waals surface area (Å²) in [6.07, 6.45) is 0. The van der Waals surface area contributed by atoms with Gasteiger partial charge in [0.2, 0.25) is 11.9 Å². The van der Waals surface area contributed by atoms with Crippen LogP contribution in [0.3, 0.4) is 0 Å². The quantitative estimate of drug-likeness (QED) is 0.558. The van der Waals surface area contributed by atoms with Crippen molar-refractivity contribution in [3.63, 3.8) is 0 Å². The highest BCUT2D eigenvalue weighted by molar-refractivity contribution is 6.07. The Kier molecular flexibility index (Phi) is 3.84. The fraction of sp³-hybridized carbons (Fsp3) is 0.211. The zero-order valence-electron chi connectivity index (χ0n) is 14.0. The van der Waals surface area contributed by atoms with Crippen LogP contribution in [0.4, 0.5) is 5.95 Å². The zero-order valence-corrected chi connectivity index (χ0v) is 14.0. The first-order chi connectivity index (χ1) is 12.6. The minimum atomic E-state index is -1.13. The molecule has 2 atom stereocenters. The lowest BCUT2D eigenvalue weighted by Crippen LogP contribution is -2.43. The highest BCUT2D eigenvalue weighted by atomic mass is 16.5. The van der Waals surface area contributed by atoms with Crippen molar-refractivity contribution in [2.24, 2.45) is 5.92 Å². The van der Waals surface area contributed by atoms with Crippen LogP contribution in [0.2, 0.25) is 0 Å². The Hall–Kier alpha value is -3.35. The molecule has 3 aromatic rings. The van der Waals surface area contributed by atoms with E-state index in [9.17, 15) is 14.7 Å². The first-order valence-electron chi connectivity index (χ1n) is 8.34. The number of amides is 1. The van der Waals surface area contributed by atoms with Crippen LogP contribution in [-0.4, -0.2) is 33.1 Å². The molecule has 0 aliphatic carbocycles. The Labute approximate surface area is 149 Å². The number of aromatic nitrogens is 2. The number of phenolic OH excluding ortho intramolecular Hbond substituents is 1. The number of carbonyl (C=O) groups is 2. The Morgan fingerprint density at radius 1 is 1.23 bits per heavy atom. The van der Waals surface area contributed by atoms with Gasteiger partial charge in [0, 0.05) is 5.56 Å². The molecule has 7 heteroatoms. The molecule has 1 aromatic heterocycles. The van der Waals surface area contributed by atoms with Crippen molar-refractivity contribution in [2.75, 3.05) is 11.9 Å². The Balaban J connectivity index is 1.99. The molecule has 7 nitrogen and oxygen atoms in total. The number of rotatable bonds is 3. The lowest BCUT2D eigenvalue weighted by atomic mass is 9.89. The fourth-order valence-corrected chi connectivity index (χ4v) is 3.42. The van der Waals surface area contributed by atoms with Crippen LogP contribution in [0.25, 0.3) is 11.0 Å². The second-order valence-electron chi connectivity index (χ2n) is 6.02. The molecular formula is C19H17N3O4. The van der Waals surface area contributed by atoms with Gasteiger partial charge in [-0.25, -0.2) is 4.98 Å². The molecule has 0 fully saturated rings. The second-order valence-corrected chi connectivity index (χ2v) is 6.02. The molecular weight excluding hydrogens is 334 g/mol. The lowest BCUT2D eigenvalue weighted by Gasteiger charge is -2.32. The van der Waals surface area contributed by atoms with Gasteiger partial charge in [0.25, 0.3) is 0 Å². The predicted octanol–water partition coefficient (Wildman–Crippen LogP) is 2.46. The van der Waals surface area contributed by atoms with Gasteiger partial charge in [-0.2, -0.15) is 0 Å². The molecule has 0 bridgehead atoms. The number of anilines is 1. The molecule has 1 amide bonds. The molecule has 1 aliphatic heterocycles. The van der Waals surface area contributed by atoms with E-state index >= 15 is 0 Å². The number of benzene rings is 2. The number of hydrogen-bond donors (Lipinski definition) is 2. The molecule has 132 valence electrons. The third-order valence-electron chi connectivity index (χ3n) is 4.50. The smallest absolute Gasteiger partial charge is 0.321 e. The van der Waals surface area contributed by atoms with Gasteiger partial charge in [-0.15, -0.1) is 0 Å². The summed E-state index contributed by atoms with van der Waals surface area (Å²) < 4.78 is 6.90. The minimum Gasteiger partial charge on any atom is -0.508 e. The predicted molar refractivity (Wildman–Crippen MR) is 94.7 cm³/mol. The number of aromatic hydroxyl groups is 1. The van der Waals surface area contributed by atoms with E-state index < -0.39 is 23.8 Å². The Morgan fingerprint density at radius 2 is 1.96 bits per heavy atom. The first kappa shape index (κ1) is 16.1. The van der Waals surface area contributed by atoms with E-state index in [1.807, 2.05) is 24.3 Å². The van der Waals surface area contributed by atoms with Gasteiger partial charge in [0.05, 0.1) is 23.7 Å². The molecule has 0 spiro atoms. The Bertz CT molecular complexity index is 1010. The standard InChI is InChI=1S/C19H17N3O4/c1-2-26-18(25)15-16(11-7-3-6-10-14(11)23)22-13-9-5-4-8-12(13)20-19(22)21-17(15)24/h3-10,15-16,23H,2H2,1H3,(H,20,21,24). The molecule has 2 aromatic carbocycles. The largest absolute Gasteiger partial charge is 0.508 e. The van der Waals surface area contributed by atoms with Crippen molar-refractivity contribution >= 4 is 28.9 Å². The van der Waals surface area contributed by atoms with Crippen molar-refractivity contribution in [1.82, 2.24) is 9.55 Å². The van der Waals surface area contributed by atoms with Crippen molar-refractivity contribution in [3.8, 4) is 5.75 Å². The lowest BCUT2D eigenvalue weighted by molar-refractivity contribution is -0.152. The van der Waals surface area contributed by atoms with E-state index in [4.69, 9.17) is 4.74 Å². The fourth-order valence-electron chi connectivity index (χ4n) is 3.42. The third-order valence-corrected chi connectivity index (χ3v) is 4.50. The number of carbonyl (C=O) groups excluding carboxylic acids is 2. The van der Waals surface area contributed by atoms with Gasteiger partial charge in [0.1, 0.15) is 5.75 Å². The summed E-state index contributed by atoms with van der Waals surface area (Å²) in [6.45, 7) is 1.85. The third kappa shape index (κ3) is 2.40. The maximum Gasteiger partial charge on any atom is 0.321 e. The number of nitrogens with one attached hydrogen (secondary N) is 1. The number of nitrogens with zero attached hydrogens (tertiary/aromatic N) is 2. The number of phenols is 1. The minimum absolute atomic E-state index is 0.00484. The first-order valence-corrected chi connectivity index (χ1v) is 8.34. The molecule has 4 rings (SSSR count). The van der Waals surface area contributed by atoms with Crippen LogP contribution in [0, 0.1) is 5.92 Å². The van der Waals surface area contributed by atoms with E-state index in [-0.39, 0.29) is 12.4 Å². The van der Waals surface area contributed by atoms with Crippen molar-refractivity contribution in [1.29, 1.82) is 0 Å². The number of imidazole rings is 1. The molecule has 1 aliphatic rings. The molecule has 2 N–H and O–H groups in total. The number of hydrogen-bond acceptors (Lipinski definition) is 5.